The minimum Gasteiger partial charge on any atom is -0.465 e. The quantitative estimate of drug-likeness (QED) is 0.438. The number of esters is 2. The first kappa shape index (κ1) is 11.0. The van der Waals surface area contributed by atoms with Crippen molar-refractivity contribution in [2.75, 3.05) is 13.2 Å². The molecule has 0 aromatic carbocycles. The molecular weight excluding hydrogens is 184 g/mol. The van der Waals surface area contributed by atoms with E-state index in [9.17, 15) is 9.59 Å². The van der Waals surface area contributed by atoms with Crippen molar-refractivity contribution in [3.8, 4) is 0 Å². The van der Waals surface area contributed by atoms with Crippen LogP contribution in [0.2, 0.25) is 0 Å². The second kappa shape index (κ2) is 6.40. The second-order valence-electron chi connectivity index (χ2n) is 3.39. The molecule has 0 aromatic heterocycles. The Morgan fingerprint density at radius 3 is 1.64 bits per heavy atom. The third-order valence-electron chi connectivity index (χ3n) is 2.10. The molecule has 4 heteroatoms. The van der Waals surface area contributed by atoms with Gasteiger partial charge in [0.1, 0.15) is 6.42 Å². The molecule has 0 amide bonds. The molecule has 14 heavy (non-hydrogen) atoms. The summed E-state index contributed by atoms with van der Waals surface area (Å²) in [6.45, 7) is 0.845. The summed E-state index contributed by atoms with van der Waals surface area (Å²) in [6.07, 6.45) is 4.78. The van der Waals surface area contributed by atoms with Crippen molar-refractivity contribution >= 4 is 11.9 Å². The van der Waals surface area contributed by atoms with Crippen molar-refractivity contribution < 1.29 is 19.1 Å². The van der Waals surface area contributed by atoms with Crippen LogP contribution in [0.25, 0.3) is 0 Å². The lowest BCUT2D eigenvalue weighted by molar-refractivity contribution is -0.154. The number of carbonyl (C=O) groups is 2. The van der Waals surface area contributed by atoms with Gasteiger partial charge in [0.05, 0.1) is 13.2 Å². The van der Waals surface area contributed by atoms with Crippen LogP contribution >= 0.6 is 0 Å². The topological polar surface area (TPSA) is 52.6 Å². The molecule has 0 aromatic rings. The van der Waals surface area contributed by atoms with E-state index in [-0.39, 0.29) is 6.42 Å². The van der Waals surface area contributed by atoms with Gasteiger partial charge < -0.3 is 9.47 Å². The summed E-state index contributed by atoms with van der Waals surface area (Å²) in [6, 6.07) is 0. The molecule has 0 bridgehead atoms. The summed E-state index contributed by atoms with van der Waals surface area (Å²) in [5.41, 5.74) is 0. The number of cyclic esters (lactones) is 2. The molecule has 1 fully saturated rings. The van der Waals surface area contributed by atoms with Crippen LogP contribution in [-0.2, 0) is 19.1 Å². The van der Waals surface area contributed by atoms with Crippen LogP contribution in [0.5, 0.6) is 0 Å². The monoisotopic (exact) mass is 200 g/mol. The fourth-order valence-corrected chi connectivity index (χ4v) is 1.33. The van der Waals surface area contributed by atoms with E-state index < -0.39 is 11.9 Å². The van der Waals surface area contributed by atoms with E-state index >= 15 is 0 Å². The maximum absolute atomic E-state index is 11.0. The van der Waals surface area contributed by atoms with Gasteiger partial charge in [0, 0.05) is 0 Å². The summed E-state index contributed by atoms with van der Waals surface area (Å²) < 4.78 is 9.69. The lowest BCUT2D eigenvalue weighted by Crippen LogP contribution is -2.15. The number of ether oxygens (including phenoxy) is 2. The molecule has 1 aliphatic heterocycles. The van der Waals surface area contributed by atoms with Crippen molar-refractivity contribution in [3.05, 3.63) is 0 Å². The molecule has 1 saturated heterocycles. The van der Waals surface area contributed by atoms with E-state index in [2.05, 4.69) is 0 Å². The van der Waals surface area contributed by atoms with Crippen LogP contribution in [0.3, 0.4) is 0 Å². The van der Waals surface area contributed by atoms with E-state index in [0.29, 0.717) is 13.2 Å². The lowest BCUT2D eigenvalue weighted by atomic mass is 10.1. The maximum atomic E-state index is 11.0. The molecule has 1 heterocycles. The average molecular weight is 200 g/mol. The molecule has 0 aliphatic carbocycles. The first-order chi connectivity index (χ1) is 6.79. The van der Waals surface area contributed by atoms with Gasteiger partial charge >= 0.3 is 11.9 Å². The third-order valence-corrected chi connectivity index (χ3v) is 2.10. The average Bonchev–Trinajstić information content (AvgIpc) is 2.13. The molecule has 0 spiro atoms. The van der Waals surface area contributed by atoms with Gasteiger partial charge in [-0.2, -0.15) is 0 Å². The molecule has 80 valence electrons. The largest absolute Gasteiger partial charge is 0.465 e. The van der Waals surface area contributed by atoms with Gasteiger partial charge in [-0.1, -0.05) is 19.3 Å². The van der Waals surface area contributed by atoms with Crippen molar-refractivity contribution in [1.29, 1.82) is 0 Å². The minimum absolute atomic E-state index is 0.250. The standard InChI is InChI=1S/C10H16O4/c11-9-8-10(12)14-7-5-3-1-2-4-6-13-9/h1-8H2. The Kier molecular flexibility index (Phi) is 5.04. The Balaban J connectivity index is 2.30. The van der Waals surface area contributed by atoms with Crippen LogP contribution in [0.4, 0.5) is 0 Å². The Morgan fingerprint density at radius 2 is 1.14 bits per heavy atom. The normalized spacial score (nSPS) is 21.4. The SMILES string of the molecule is O=C1CC(=O)OCCCCCCCO1. The summed E-state index contributed by atoms with van der Waals surface area (Å²) in [4.78, 5) is 22.0. The third kappa shape index (κ3) is 4.84. The number of hydrogen-bond donors (Lipinski definition) is 0. The predicted molar refractivity (Wildman–Crippen MR) is 49.6 cm³/mol. The van der Waals surface area contributed by atoms with Crippen LogP contribution in [0.1, 0.15) is 38.5 Å². The van der Waals surface area contributed by atoms with Gasteiger partial charge in [-0.3, -0.25) is 9.59 Å². The fraction of sp³-hybridized carbons (Fsp3) is 0.800. The van der Waals surface area contributed by atoms with Gasteiger partial charge in [-0.25, -0.2) is 0 Å². The van der Waals surface area contributed by atoms with Gasteiger partial charge in [0.25, 0.3) is 0 Å². The molecule has 4 nitrogen and oxygen atoms in total. The summed E-state index contributed by atoms with van der Waals surface area (Å²) >= 11 is 0. The van der Waals surface area contributed by atoms with Gasteiger partial charge in [0.2, 0.25) is 0 Å². The molecule has 0 saturated carbocycles. The van der Waals surface area contributed by atoms with Crippen LogP contribution in [0, 0.1) is 0 Å². The van der Waals surface area contributed by atoms with E-state index in [1.807, 2.05) is 0 Å². The van der Waals surface area contributed by atoms with E-state index in [4.69, 9.17) is 9.47 Å². The zero-order valence-electron chi connectivity index (χ0n) is 8.29. The van der Waals surface area contributed by atoms with Gasteiger partial charge in [-0.05, 0) is 12.8 Å². The van der Waals surface area contributed by atoms with Crippen molar-refractivity contribution in [3.63, 3.8) is 0 Å². The Bertz CT molecular complexity index is 180. The van der Waals surface area contributed by atoms with E-state index in [1.54, 1.807) is 0 Å². The fourth-order valence-electron chi connectivity index (χ4n) is 1.33. The molecule has 1 rings (SSSR count). The second-order valence-corrected chi connectivity index (χ2v) is 3.39. The molecular formula is C10H16O4. The Hall–Kier alpha value is -1.06. The first-order valence-electron chi connectivity index (χ1n) is 5.10. The van der Waals surface area contributed by atoms with Gasteiger partial charge in [-0.15, -0.1) is 0 Å². The van der Waals surface area contributed by atoms with Crippen LogP contribution in [0.15, 0.2) is 0 Å². The Morgan fingerprint density at radius 1 is 0.714 bits per heavy atom. The number of hydrogen-bond acceptors (Lipinski definition) is 4. The molecule has 1 aliphatic rings. The number of carbonyl (C=O) groups excluding carboxylic acids is 2. The first-order valence-corrected chi connectivity index (χ1v) is 5.10. The van der Waals surface area contributed by atoms with Crippen molar-refractivity contribution in [2.45, 2.75) is 38.5 Å². The molecule has 0 unspecified atom stereocenters. The van der Waals surface area contributed by atoms with Gasteiger partial charge in [0.15, 0.2) is 0 Å². The molecule has 0 N–H and O–H groups in total. The highest BCUT2D eigenvalue weighted by atomic mass is 16.6. The van der Waals surface area contributed by atoms with E-state index in [0.717, 1.165) is 32.1 Å². The lowest BCUT2D eigenvalue weighted by Gasteiger charge is -2.08. The minimum atomic E-state index is -0.476. The van der Waals surface area contributed by atoms with Crippen molar-refractivity contribution in [2.24, 2.45) is 0 Å². The highest BCUT2D eigenvalue weighted by Gasteiger charge is 2.12. The molecule has 0 radical (unpaired) electrons. The van der Waals surface area contributed by atoms with E-state index in [1.165, 1.54) is 0 Å². The number of rotatable bonds is 0. The van der Waals surface area contributed by atoms with Crippen LogP contribution in [-0.4, -0.2) is 25.2 Å². The van der Waals surface area contributed by atoms with Crippen molar-refractivity contribution in [1.82, 2.24) is 0 Å². The highest BCUT2D eigenvalue weighted by molar-refractivity contribution is 5.91. The predicted octanol–water partition coefficient (Wildman–Crippen LogP) is 1.43. The molecule has 0 atom stereocenters. The maximum Gasteiger partial charge on any atom is 0.317 e. The summed E-state index contributed by atoms with van der Waals surface area (Å²) in [7, 11) is 0. The highest BCUT2D eigenvalue weighted by Crippen LogP contribution is 2.05. The summed E-state index contributed by atoms with van der Waals surface area (Å²) in [5, 5.41) is 0. The Labute approximate surface area is 83.6 Å². The zero-order valence-corrected chi connectivity index (χ0v) is 8.29. The summed E-state index contributed by atoms with van der Waals surface area (Å²) in [5.74, 6) is -0.953. The zero-order chi connectivity index (χ0) is 10.2. The van der Waals surface area contributed by atoms with Crippen LogP contribution < -0.4 is 0 Å². The smallest absolute Gasteiger partial charge is 0.317 e.